The van der Waals surface area contributed by atoms with Crippen LogP contribution in [0.25, 0.3) is 11.0 Å². The lowest BCUT2D eigenvalue weighted by atomic mass is 10.4. The normalized spacial score (nSPS) is 13.4. The highest BCUT2D eigenvalue weighted by Crippen LogP contribution is 2.36. The largest absolute Gasteiger partial charge is 0.383 e. The molecule has 1 saturated carbocycles. The Morgan fingerprint density at radius 1 is 1.18 bits per heavy atom. The summed E-state index contributed by atoms with van der Waals surface area (Å²) in [4.78, 5) is 8.09. The van der Waals surface area contributed by atoms with Gasteiger partial charge in [-0.15, -0.1) is 0 Å². The standard InChI is InChI=1S/C8H9N5.2C2H6/c9-7-6-3-12-13(5-1-2-5)8(6)11-4-10-7;2*1-2/h3-5H,1-2H2,(H2,9,10,11);2*1-2H3. The van der Waals surface area contributed by atoms with Crippen LogP contribution in [0, 0.1) is 0 Å². The zero-order valence-corrected chi connectivity index (χ0v) is 11.0. The van der Waals surface area contributed by atoms with Crippen molar-refractivity contribution in [2.24, 2.45) is 0 Å². The Morgan fingerprint density at radius 2 is 1.82 bits per heavy atom. The molecule has 2 aromatic heterocycles. The second-order valence-corrected chi connectivity index (χ2v) is 3.32. The molecule has 1 aliphatic carbocycles. The van der Waals surface area contributed by atoms with Crippen LogP contribution in [0.4, 0.5) is 5.82 Å². The number of fused-ring (bicyclic) bond motifs is 1. The summed E-state index contributed by atoms with van der Waals surface area (Å²) >= 11 is 0. The molecular weight excluding hydrogens is 214 g/mol. The number of nitrogen functional groups attached to an aromatic ring is 1. The molecule has 0 spiro atoms. The molecule has 2 heterocycles. The molecule has 1 aliphatic rings. The summed E-state index contributed by atoms with van der Waals surface area (Å²) in [5, 5.41) is 5.11. The van der Waals surface area contributed by atoms with Gasteiger partial charge in [-0.1, -0.05) is 27.7 Å². The highest BCUT2D eigenvalue weighted by molar-refractivity contribution is 5.84. The first-order valence-corrected chi connectivity index (χ1v) is 6.30. The first-order valence-electron chi connectivity index (χ1n) is 6.30. The van der Waals surface area contributed by atoms with Gasteiger partial charge in [0.1, 0.15) is 12.1 Å². The number of aromatic nitrogens is 4. The second kappa shape index (κ2) is 6.18. The van der Waals surface area contributed by atoms with E-state index in [1.807, 2.05) is 32.4 Å². The molecule has 2 aromatic rings. The van der Waals surface area contributed by atoms with Gasteiger partial charge in [0.15, 0.2) is 5.65 Å². The van der Waals surface area contributed by atoms with E-state index in [1.54, 1.807) is 6.20 Å². The third kappa shape index (κ3) is 2.72. The van der Waals surface area contributed by atoms with Gasteiger partial charge < -0.3 is 5.73 Å². The molecule has 0 amide bonds. The fourth-order valence-electron chi connectivity index (χ4n) is 1.47. The van der Waals surface area contributed by atoms with Gasteiger partial charge in [-0.05, 0) is 12.8 Å². The van der Waals surface area contributed by atoms with Crippen LogP contribution in [0.2, 0.25) is 0 Å². The quantitative estimate of drug-likeness (QED) is 0.825. The number of nitrogens with two attached hydrogens (primary N) is 1. The van der Waals surface area contributed by atoms with Crippen molar-refractivity contribution in [3.63, 3.8) is 0 Å². The Hall–Kier alpha value is -1.65. The molecule has 0 saturated heterocycles. The predicted octanol–water partition coefficient (Wildman–Crippen LogP) is 2.80. The van der Waals surface area contributed by atoms with Crippen molar-refractivity contribution in [1.29, 1.82) is 0 Å². The maximum Gasteiger partial charge on any atom is 0.163 e. The fraction of sp³-hybridized carbons (Fsp3) is 0.583. The molecule has 17 heavy (non-hydrogen) atoms. The maximum atomic E-state index is 5.69. The van der Waals surface area contributed by atoms with Gasteiger partial charge in [-0.3, -0.25) is 0 Å². The fourth-order valence-corrected chi connectivity index (χ4v) is 1.47. The number of nitrogens with zero attached hydrogens (tertiary/aromatic N) is 4. The van der Waals surface area contributed by atoms with Crippen LogP contribution < -0.4 is 5.73 Å². The van der Waals surface area contributed by atoms with E-state index in [2.05, 4.69) is 15.1 Å². The van der Waals surface area contributed by atoms with E-state index >= 15 is 0 Å². The minimum atomic E-state index is 0.511. The van der Waals surface area contributed by atoms with Crippen molar-refractivity contribution < 1.29 is 0 Å². The van der Waals surface area contributed by atoms with Crippen molar-refractivity contribution in [2.45, 2.75) is 46.6 Å². The average molecular weight is 235 g/mol. The third-order valence-electron chi connectivity index (χ3n) is 2.31. The summed E-state index contributed by atoms with van der Waals surface area (Å²) in [6, 6.07) is 0.534. The molecule has 2 N–H and O–H groups in total. The lowest BCUT2D eigenvalue weighted by Crippen LogP contribution is -1.98. The van der Waals surface area contributed by atoms with Gasteiger partial charge in [0.25, 0.3) is 0 Å². The number of hydrogen-bond donors (Lipinski definition) is 1. The Bertz CT molecular complexity index is 459. The van der Waals surface area contributed by atoms with Crippen molar-refractivity contribution in [1.82, 2.24) is 19.7 Å². The van der Waals surface area contributed by atoms with E-state index in [0.717, 1.165) is 11.0 Å². The molecule has 1 fully saturated rings. The van der Waals surface area contributed by atoms with Crippen molar-refractivity contribution in [3.8, 4) is 0 Å². The molecule has 94 valence electrons. The Labute approximate surface area is 102 Å². The Kier molecular flexibility index (Phi) is 4.87. The van der Waals surface area contributed by atoms with Crippen molar-refractivity contribution >= 4 is 16.9 Å². The molecule has 0 aliphatic heterocycles. The lowest BCUT2D eigenvalue weighted by molar-refractivity contribution is 0.658. The van der Waals surface area contributed by atoms with Crippen LogP contribution in [-0.4, -0.2) is 19.7 Å². The number of rotatable bonds is 1. The summed E-state index contributed by atoms with van der Waals surface area (Å²) < 4.78 is 1.94. The zero-order valence-electron chi connectivity index (χ0n) is 11.0. The minimum absolute atomic E-state index is 0.511. The monoisotopic (exact) mass is 235 g/mol. The van der Waals surface area contributed by atoms with Crippen LogP contribution in [0.15, 0.2) is 12.5 Å². The Balaban J connectivity index is 0.000000330. The van der Waals surface area contributed by atoms with Gasteiger partial charge in [-0.2, -0.15) is 5.10 Å². The number of hydrogen-bond acceptors (Lipinski definition) is 4. The second-order valence-electron chi connectivity index (χ2n) is 3.32. The highest BCUT2D eigenvalue weighted by atomic mass is 15.3. The molecule has 0 bridgehead atoms. The average Bonchev–Trinajstić information content (AvgIpc) is 3.15. The minimum Gasteiger partial charge on any atom is -0.383 e. The summed E-state index contributed by atoms with van der Waals surface area (Å²) in [5.74, 6) is 0.511. The van der Waals surface area contributed by atoms with Crippen LogP contribution in [0.3, 0.4) is 0 Å². The first-order chi connectivity index (χ1) is 8.36. The van der Waals surface area contributed by atoms with Gasteiger partial charge in [-0.25, -0.2) is 14.6 Å². The van der Waals surface area contributed by atoms with E-state index in [4.69, 9.17) is 5.73 Å². The molecule has 5 nitrogen and oxygen atoms in total. The first kappa shape index (κ1) is 13.4. The van der Waals surface area contributed by atoms with E-state index in [-0.39, 0.29) is 0 Å². The van der Waals surface area contributed by atoms with Gasteiger partial charge in [0, 0.05) is 0 Å². The zero-order chi connectivity index (χ0) is 12.8. The lowest BCUT2D eigenvalue weighted by Gasteiger charge is -1.98. The van der Waals surface area contributed by atoms with E-state index in [9.17, 15) is 0 Å². The van der Waals surface area contributed by atoms with Crippen LogP contribution >= 0.6 is 0 Å². The summed E-state index contributed by atoms with van der Waals surface area (Å²) in [6.07, 6.45) is 5.61. The third-order valence-corrected chi connectivity index (χ3v) is 2.31. The summed E-state index contributed by atoms with van der Waals surface area (Å²) in [6.45, 7) is 8.00. The number of anilines is 1. The summed E-state index contributed by atoms with van der Waals surface area (Å²) in [7, 11) is 0. The predicted molar refractivity (Wildman–Crippen MR) is 70.7 cm³/mol. The smallest absolute Gasteiger partial charge is 0.163 e. The molecule has 0 unspecified atom stereocenters. The van der Waals surface area contributed by atoms with Crippen LogP contribution in [-0.2, 0) is 0 Å². The van der Waals surface area contributed by atoms with Gasteiger partial charge in [0.05, 0.1) is 17.6 Å². The topological polar surface area (TPSA) is 69.6 Å². The maximum absolute atomic E-state index is 5.69. The van der Waals surface area contributed by atoms with Gasteiger partial charge >= 0.3 is 0 Å². The van der Waals surface area contributed by atoms with Crippen LogP contribution in [0.1, 0.15) is 46.6 Å². The molecule has 0 atom stereocenters. The SMILES string of the molecule is CC.CC.Nc1ncnc2c1cnn2C1CC1. The van der Waals surface area contributed by atoms with Crippen molar-refractivity contribution in [3.05, 3.63) is 12.5 Å². The van der Waals surface area contributed by atoms with E-state index in [0.29, 0.717) is 11.9 Å². The highest BCUT2D eigenvalue weighted by Gasteiger charge is 2.26. The van der Waals surface area contributed by atoms with Crippen LogP contribution in [0.5, 0.6) is 0 Å². The van der Waals surface area contributed by atoms with Gasteiger partial charge in [0.2, 0.25) is 0 Å². The van der Waals surface area contributed by atoms with Crippen molar-refractivity contribution in [2.75, 3.05) is 5.73 Å². The molecule has 0 aromatic carbocycles. The molecule has 3 rings (SSSR count). The molecular formula is C12H21N5. The molecule has 0 radical (unpaired) electrons. The molecule has 5 heteroatoms. The van der Waals surface area contributed by atoms with E-state index < -0.39 is 0 Å². The van der Waals surface area contributed by atoms with E-state index in [1.165, 1.54) is 19.2 Å². The Morgan fingerprint density at radius 3 is 2.41 bits per heavy atom. The summed E-state index contributed by atoms with van der Waals surface area (Å²) in [5.41, 5.74) is 6.54.